The number of nitrogens with one attached hydrogen (secondary N) is 1. The summed E-state index contributed by atoms with van der Waals surface area (Å²) in [6.07, 6.45) is 1.38. The minimum atomic E-state index is -0.665. The molecule has 1 amide bonds. The molecule has 2 aromatic heterocycles. The van der Waals surface area contributed by atoms with Crippen molar-refractivity contribution in [3.8, 4) is 0 Å². The van der Waals surface area contributed by atoms with Crippen molar-refractivity contribution >= 4 is 23.1 Å². The quantitative estimate of drug-likeness (QED) is 0.823. The molecule has 5 nitrogen and oxygen atoms in total. The van der Waals surface area contributed by atoms with Gasteiger partial charge in [0.25, 0.3) is 0 Å². The number of hydrogen-bond acceptors (Lipinski definition) is 5. The summed E-state index contributed by atoms with van der Waals surface area (Å²) in [5.74, 6) is 0.0679. The topological polar surface area (TPSA) is 81.2 Å². The zero-order chi connectivity index (χ0) is 10.7. The molecule has 2 rings (SSSR count). The number of aromatic nitrogens is 1. The molecule has 3 N–H and O–H groups in total. The van der Waals surface area contributed by atoms with Gasteiger partial charge in [0.15, 0.2) is 5.82 Å². The number of carbonyl (C=O) groups excluding carboxylic acids is 1. The van der Waals surface area contributed by atoms with Gasteiger partial charge in [-0.3, -0.25) is 4.79 Å². The van der Waals surface area contributed by atoms with Gasteiger partial charge in [0.2, 0.25) is 5.91 Å². The first-order chi connectivity index (χ1) is 7.27. The molecule has 15 heavy (non-hydrogen) atoms. The normalized spacial score (nSPS) is 12.3. The van der Waals surface area contributed by atoms with Gasteiger partial charge in [0.1, 0.15) is 12.3 Å². The van der Waals surface area contributed by atoms with Crippen LogP contribution in [0.25, 0.3) is 0 Å². The molecule has 0 bridgehead atoms. The van der Waals surface area contributed by atoms with Crippen LogP contribution in [-0.4, -0.2) is 11.1 Å². The minimum absolute atomic E-state index is 0.300. The standard InChI is InChI=1S/C9H9N3O2S/c10-8(6-2-1-5-15-6)9(13)11-7-3-4-14-12-7/h1-5,8H,10H2,(H,11,12,13). The van der Waals surface area contributed by atoms with Crippen LogP contribution >= 0.6 is 11.3 Å². The van der Waals surface area contributed by atoms with E-state index in [-0.39, 0.29) is 5.91 Å². The van der Waals surface area contributed by atoms with Crippen molar-refractivity contribution in [3.63, 3.8) is 0 Å². The van der Waals surface area contributed by atoms with Gasteiger partial charge in [-0.15, -0.1) is 11.3 Å². The molecule has 6 heteroatoms. The summed E-state index contributed by atoms with van der Waals surface area (Å²) in [5.41, 5.74) is 5.74. The SMILES string of the molecule is NC(C(=O)Nc1ccon1)c1cccs1. The molecule has 0 saturated carbocycles. The van der Waals surface area contributed by atoms with Gasteiger partial charge < -0.3 is 15.6 Å². The van der Waals surface area contributed by atoms with Crippen molar-refractivity contribution in [2.45, 2.75) is 6.04 Å². The van der Waals surface area contributed by atoms with Crippen molar-refractivity contribution in [1.29, 1.82) is 0 Å². The first-order valence-electron chi connectivity index (χ1n) is 4.27. The fourth-order valence-electron chi connectivity index (χ4n) is 1.08. The molecule has 2 heterocycles. The van der Waals surface area contributed by atoms with E-state index < -0.39 is 6.04 Å². The molecule has 0 fully saturated rings. The molecule has 0 aromatic carbocycles. The Morgan fingerprint density at radius 3 is 3.07 bits per heavy atom. The number of thiophene rings is 1. The van der Waals surface area contributed by atoms with Crippen LogP contribution in [0.15, 0.2) is 34.4 Å². The van der Waals surface area contributed by atoms with Gasteiger partial charge in [-0.2, -0.15) is 0 Å². The summed E-state index contributed by atoms with van der Waals surface area (Å²) in [6, 6.07) is 4.56. The van der Waals surface area contributed by atoms with E-state index in [0.29, 0.717) is 5.82 Å². The smallest absolute Gasteiger partial charge is 0.247 e. The summed E-state index contributed by atoms with van der Waals surface area (Å²) in [7, 11) is 0. The molecule has 0 aliphatic carbocycles. The number of carbonyl (C=O) groups is 1. The molecule has 0 spiro atoms. The molecule has 1 unspecified atom stereocenters. The lowest BCUT2D eigenvalue weighted by Crippen LogP contribution is -2.27. The first kappa shape index (κ1) is 9.88. The van der Waals surface area contributed by atoms with Crippen LogP contribution in [0.5, 0.6) is 0 Å². The first-order valence-corrected chi connectivity index (χ1v) is 5.15. The Labute approximate surface area is 89.9 Å². The molecule has 1 atom stereocenters. The number of nitrogens with two attached hydrogens (primary N) is 1. The fraction of sp³-hybridized carbons (Fsp3) is 0.111. The van der Waals surface area contributed by atoms with E-state index in [2.05, 4.69) is 15.0 Å². The number of amides is 1. The van der Waals surface area contributed by atoms with Crippen molar-refractivity contribution in [2.24, 2.45) is 5.73 Å². The second-order valence-corrected chi connectivity index (χ2v) is 3.85. The number of nitrogens with zero attached hydrogens (tertiary/aromatic N) is 1. The van der Waals surface area contributed by atoms with Gasteiger partial charge in [-0.05, 0) is 11.4 Å². The van der Waals surface area contributed by atoms with Crippen LogP contribution in [-0.2, 0) is 4.79 Å². The highest BCUT2D eigenvalue weighted by molar-refractivity contribution is 7.10. The van der Waals surface area contributed by atoms with Crippen LogP contribution in [0.4, 0.5) is 5.82 Å². The lowest BCUT2D eigenvalue weighted by Gasteiger charge is -2.07. The highest BCUT2D eigenvalue weighted by Crippen LogP contribution is 2.17. The average Bonchev–Trinajstić information content (AvgIpc) is 2.88. The van der Waals surface area contributed by atoms with E-state index >= 15 is 0 Å². The second kappa shape index (κ2) is 4.24. The Hall–Kier alpha value is -1.66. The maximum absolute atomic E-state index is 11.6. The molecule has 0 radical (unpaired) electrons. The Balaban J connectivity index is 2.03. The largest absolute Gasteiger partial charge is 0.363 e. The van der Waals surface area contributed by atoms with Crippen molar-refractivity contribution in [2.75, 3.05) is 5.32 Å². The number of rotatable bonds is 3. The van der Waals surface area contributed by atoms with E-state index in [1.165, 1.54) is 17.6 Å². The lowest BCUT2D eigenvalue weighted by atomic mass is 10.2. The molecule has 78 valence electrons. The van der Waals surface area contributed by atoms with E-state index in [9.17, 15) is 4.79 Å². The predicted octanol–water partition coefficient (Wildman–Crippen LogP) is 1.37. The lowest BCUT2D eigenvalue weighted by molar-refractivity contribution is -0.117. The van der Waals surface area contributed by atoms with Gasteiger partial charge in [-0.1, -0.05) is 11.2 Å². The molecular weight excluding hydrogens is 214 g/mol. The molecule has 2 aromatic rings. The van der Waals surface area contributed by atoms with E-state index in [0.717, 1.165) is 4.88 Å². The zero-order valence-electron chi connectivity index (χ0n) is 7.71. The highest BCUT2D eigenvalue weighted by atomic mass is 32.1. The van der Waals surface area contributed by atoms with Crippen molar-refractivity contribution in [1.82, 2.24) is 5.16 Å². The van der Waals surface area contributed by atoms with Crippen LogP contribution in [0.1, 0.15) is 10.9 Å². The Kier molecular flexibility index (Phi) is 2.79. The third kappa shape index (κ3) is 2.23. The van der Waals surface area contributed by atoms with E-state index in [1.54, 1.807) is 6.07 Å². The summed E-state index contributed by atoms with van der Waals surface area (Å²) in [5, 5.41) is 7.98. The molecule has 0 aliphatic heterocycles. The Morgan fingerprint density at radius 2 is 2.47 bits per heavy atom. The van der Waals surface area contributed by atoms with Crippen molar-refractivity contribution in [3.05, 3.63) is 34.7 Å². The van der Waals surface area contributed by atoms with Gasteiger partial charge in [-0.25, -0.2) is 0 Å². The molecule has 0 aliphatic rings. The van der Waals surface area contributed by atoms with Gasteiger partial charge >= 0.3 is 0 Å². The molecular formula is C9H9N3O2S. The average molecular weight is 223 g/mol. The van der Waals surface area contributed by atoms with Crippen LogP contribution in [0, 0.1) is 0 Å². The molecule has 0 saturated heterocycles. The fourth-order valence-corrected chi connectivity index (χ4v) is 1.80. The second-order valence-electron chi connectivity index (χ2n) is 2.87. The predicted molar refractivity (Wildman–Crippen MR) is 56.4 cm³/mol. The van der Waals surface area contributed by atoms with Crippen molar-refractivity contribution < 1.29 is 9.32 Å². The summed E-state index contributed by atoms with van der Waals surface area (Å²) in [4.78, 5) is 12.4. The van der Waals surface area contributed by atoms with E-state index in [4.69, 9.17) is 5.73 Å². The number of hydrogen-bond donors (Lipinski definition) is 2. The number of anilines is 1. The van der Waals surface area contributed by atoms with Crippen LogP contribution in [0.2, 0.25) is 0 Å². The van der Waals surface area contributed by atoms with Gasteiger partial charge in [0.05, 0.1) is 0 Å². The van der Waals surface area contributed by atoms with Gasteiger partial charge in [0, 0.05) is 10.9 Å². The monoisotopic (exact) mass is 223 g/mol. The maximum atomic E-state index is 11.6. The third-order valence-corrected chi connectivity index (χ3v) is 2.78. The summed E-state index contributed by atoms with van der Waals surface area (Å²) in [6.45, 7) is 0. The Morgan fingerprint density at radius 1 is 1.60 bits per heavy atom. The minimum Gasteiger partial charge on any atom is -0.363 e. The maximum Gasteiger partial charge on any atom is 0.247 e. The summed E-state index contributed by atoms with van der Waals surface area (Å²) < 4.78 is 4.58. The highest BCUT2D eigenvalue weighted by Gasteiger charge is 2.17. The zero-order valence-corrected chi connectivity index (χ0v) is 8.53. The summed E-state index contributed by atoms with van der Waals surface area (Å²) >= 11 is 1.44. The van der Waals surface area contributed by atoms with Crippen LogP contribution in [0.3, 0.4) is 0 Å². The third-order valence-electron chi connectivity index (χ3n) is 1.82. The Bertz CT molecular complexity index is 424. The van der Waals surface area contributed by atoms with Crippen LogP contribution < -0.4 is 11.1 Å². The van der Waals surface area contributed by atoms with E-state index in [1.807, 2.05) is 17.5 Å².